The first-order valence-electron chi connectivity index (χ1n) is 7.11. The lowest BCUT2D eigenvalue weighted by atomic mass is 10.1. The Balaban J connectivity index is 1.82. The largest absolute Gasteiger partial charge is 0.452 e. The summed E-state index contributed by atoms with van der Waals surface area (Å²) in [6.07, 6.45) is 0. The molecule has 0 amide bonds. The van der Waals surface area contributed by atoms with E-state index in [1.54, 1.807) is 36.4 Å². The van der Waals surface area contributed by atoms with Crippen LogP contribution in [0.25, 0.3) is 0 Å². The van der Waals surface area contributed by atoms with E-state index in [1.807, 2.05) is 30.3 Å². The predicted molar refractivity (Wildman–Crippen MR) is 89.8 cm³/mol. The van der Waals surface area contributed by atoms with E-state index in [1.165, 1.54) is 6.07 Å². The third-order valence-corrected chi connectivity index (χ3v) is 3.20. The molecule has 0 spiro atoms. The van der Waals surface area contributed by atoms with Gasteiger partial charge in [0.2, 0.25) is 0 Å². The van der Waals surface area contributed by atoms with E-state index < -0.39 is 5.82 Å². The Bertz CT molecular complexity index is 879. The Labute approximate surface area is 134 Å². The Morgan fingerprint density at radius 2 is 1.43 bits per heavy atom. The highest BCUT2D eigenvalue weighted by Crippen LogP contribution is 2.29. The zero-order valence-corrected chi connectivity index (χ0v) is 12.3. The Kier molecular flexibility index (Phi) is 4.26. The van der Waals surface area contributed by atoms with Crippen molar-refractivity contribution >= 4 is 5.69 Å². The van der Waals surface area contributed by atoms with Crippen LogP contribution in [-0.2, 0) is 0 Å². The summed E-state index contributed by atoms with van der Waals surface area (Å²) >= 11 is 0. The fourth-order valence-electron chi connectivity index (χ4n) is 2.02. The smallest absolute Gasteiger partial charge is 0.166 e. The summed E-state index contributed by atoms with van der Waals surface area (Å²) in [5, 5.41) is 0. The first kappa shape index (κ1) is 14.7. The molecule has 2 nitrogen and oxygen atoms in total. The number of rotatable bonds is 2. The highest BCUT2D eigenvalue weighted by Gasteiger charge is 2.07. The molecular weight excluding hydrogens is 289 g/mol. The van der Waals surface area contributed by atoms with Crippen LogP contribution < -0.4 is 10.5 Å². The number of halogens is 1. The van der Waals surface area contributed by atoms with E-state index in [0.29, 0.717) is 17.0 Å². The number of hydrogen-bond acceptors (Lipinski definition) is 2. The van der Waals surface area contributed by atoms with Gasteiger partial charge < -0.3 is 10.5 Å². The Morgan fingerprint density at radius 1 is 0.739 bits per heavy atom. The summed E-state index contributed by atoms with van der Waals surface area (Å²) in [7, 11) is 0. The predicted octanol–water partition coefficient (Wildman–Crippen LogP) is 4.60. The van der Waals surface area contributed by atoms with Gasteiger partial charge in [-0.05, 0) is 42.5 Å². The van der Waals surface area contributed by atoms with Gasteiger partial charge in [-0.15, -0.1) is 0 Å². The van der Waals surface area contributed by atoms with Crippen molar-refractivity contribution in [3.63, 3.8) is 0 Å². The standard InChI is InChI=1S/C20H14FNO/c21-17-14-16(11-10-15-6-2-1-3-7-15)12-13-19(17)23-20-9-5-4-8-18(20)22/h1-9,12-14H,22H2. The first-order chi connectivity index (χ1) is 11.2. The van der Waals surface area contributed by atoms with Gasteiger partial charge in [0.15, 0.2) is 11.6 Å². The molecule has 0 aliphatic heterocycles. The van der Waals surface area contributed by atoms with Gasteiger partial charge in [-0.1, -0.05) is 42.2 Å². The van der Waals surface area contributed by atoms with Gasteiger partial charge in [-0.2, -0.15) is 0 Å². The van der Waals surface area contributed by atoms with Crippen LogP contribution in [0.4, 0.5) is 10.1 Å². The van der Waals surface area contributed by atoms with Gasteiger partial charge in [-0.3, -0.25) is 0 Å². The summed E-state index contributed by atoms with van der Waals surface area (Å²) in [4.78, 5) is 0. The maximum Gasteiger partial charge on any atom is 0.166 e. The number of anilines is 1. The second kappa shape index (κ2) is 6.67. The highest BCUT2D eigenvalue weighted by molar-refractivity contribution is 5.54. The van der Waals surface area contributed by atoms with Crippen LogP contribution in [0.1, 0.15) is 11.1 Å². The zero-order chi connectivity index (χ0) is 16.1. The van der Waals surface area contributed by atoms with Crippen LogP contribution >= 0.6 is 0 Å². The SMILES string of the molecule is Nc1ccccc1Oc1ccc(C#Cc2ccccc2)cc1F. The minimum Gasteiger partial charge on any atom is -0.452 e. The quantitative estimate of drug-likeness (QED) is 0.554. The average Bonchev–Trinajstić information content (AvgIpc) is 2.58. The lowest BCUT2D eigenvalue weighted by Crippen LogP contribution is -1.93. The molecule has 0 saturated carbocycles. The summed E-state index contributed by atoms with van der Waals surface area (Å²) in [6.45, 7) is 0. The molecule has 0 heterocycles. The fraction of sp³-hybridized carbons (Fsp3) is 0. The first-order valence-corrected chi connectivity index (χ1v) is 7.11. The molecule has 0 bridgehead atoms. The number of nitrogens with two attached hydrogens (primary N) is 1. The number of nitrogen functional groups attached to an aromatic ring is 1. The van der Waals surface area contributed by atoms with Crippen molar-refractivity contribution in [2.24, 2.45) is 0 Å². The lowest BCUT2D eigenvalue weighted by molar-refractivity contribution is 0.444. The molecule has 3 rings (SSSR count). The maximum atomic E-state index is 14.2. The van der Waals surface area contributed by atoms with E-state index in [0.717, 1.165) is 5.56 Å². The van der Waals surface area contributed by atoms with Gasteiger partial charge in [0.25, 0.3) is 0 Å². The van der Waals surface area contributed by atoms with Crippen molar-refractivity contribution in [3.8, 4) is 23.3 Å². The van der Waals surface area contributed by atoms with Crippen molar-refractivity contribution in [1.29, 1.82) is 0 Å². The number of para-hydroxylation sites is 2. The Morgan fingerprint density at radius 3 is 2.17 bits per heavy atom. The summed E-state index contributed by atoms with van der Waals surface area (Å²) < 4.78 is 19.7. The van der Waals surface area contributed by atoms with Crippen molar-refractivity contribution in [3.05, 3.63) is 89.7 Å². The molecule has 2 N–H and O–H groups in total. The van der Waals surface area contributed by atoms with E-state index in [9.17, 15) is 4.39 Å². The van der Waals surface area contributed by atoms with Crippen molar-refractivity contribution in [1.82, 2.24) is 0 Å². The molecule has 23 heavy (non-hydrogen) atoms. The molecule has 3 aromatic rings. The number of benzene rings is 3. The minimum atomic E-state index is -0.479. The molecule has 0 unspecified atom stereocenters. The second-order valence-corrected chi connectivity index (χ2v) is 4.90. The molecule has 3 aromatic carbocycles. The zero-order valence-electron chi connectivity index (χ0n) is 12.3. The van der Waals surface area contributed by atoms with Crippen molar-refractivity contribution in [2.45, 2.75) is 0 Å². The van der Waals surface area contributed by atoms with Gasteiger partial charge in [0.05, 0.1) is 5.69 Å². The van der Waals surface area contributed by atoms with Crippen LogP contribution in [0, 0.1) is 17.7 Å². The normalized spacial score (nSPS) is 9.78. The average molecular weight is 303 g/mol. The molecule has 112 valence electrons. The number of ether oxygens (including phenoxy) is 1. The molecule has 0 radical (unpaired) electrons. The van der Waals surface area contributed by atoms with Crippen LogP contribution in [0.3, 0.4) is 0 Å². The molecule has 0 aliphatic carbocycles. The van der Waals surface area contributed by atoms with Crippen LogP contribution in [0.15, 0.2) is 72.8 Å². The monoisotopic (exact) mass is 303 g/mol. The van der Waals surface area contributed by atoms with Gasteiger partial charge >= 0.3 is 0 Å². The van der Waals surface area contributed by atoms with E-state index in [4.69, 9.17) is 10.5 Å². The van der Waals surface area contributed by atoms with E-state index >= 15 is 0 Å². The van der Waals surface area contributed by atoms with Gasteiger partial charge in [0, 0.05) is 11.1 Å². The van der Waals surface area contributed by atoms with Gasteiger partial charge in [0.1, 0.15) is 5.75 Å². The molecule has 0 fully saturated rings. The fourth-order valence-corrected chi connectivity index (χ4v) is 2.02. The third kappa shape index (κ3) is 3.69. The Hall–Kier alpha value is -3.25. The summed E-state index contributed by atoms with van der Waals surface area (Å²) in [6, 6.07) is 21.1. The molecule has 0 aliphatic rings. The lowest BCUT2D eigenvalue weighted by Gasteiger charge is -2.09. The maximum absolute atomic E-state index is 14.2. The van der Waals surface area contributed by atoms with Crippen LogP contribution in [-0.4, -0.2) is 0 Å². The molecule has 0 aromatic heterocycles. The number of hydrogen-bond donors (Lipinski definition) is 1. The third-order valence-electron chi connectivity index (χ3n) is 3.20. The van der Waals surface area contributed by atoms with Crippen LogP contribution in [0.5, 0.6) is 11.5 Å². The molecule has 0 atom stereocenters. The summed E-state index contributed by atoms with van der Waals surface area (Å²) in [5.74, 6) is 5.99. The molecule has 3 heteroatoms. The second-order valence-electron chi connectivity index (χ2n) is 4.90. The van der Waals surface area contributed by atoms with E-state index in [-0.39, 0.29) is 5.75 Å². The minimum absolute atomic E-state index is 0.119. The van der Waals surface area contributed by atoms with E-state index in [2.05, 4.69) is 11.8 Å². The van der Waals surface area contributed by atoms with Crippen molar-refractivity contribution < 1.29 is 9.13 Å². The summed E-state index contributed by atoms with van der Waals surface area (Å²) in [5.41, 5.74) is 7.71. The topological polar surface area (TPSA) is 35.2 Å². The van der Waals surface area contributed by atoms with Gasteiger partial charge in [-0.25, -0.2) is 4.39 Å². The molecular formula is C20H14FNO. The molecule has 0 saturated heterocycles. The van der Waals surface area contributed by atoms with Crippen LogP contribution in [0.2, 0.25) is 0 Å². The van der Waals surface area contributed by atoms with Crippen molar-refractivity contribution in [2.75, 3.05) is 5.73 Å². The highest BCUT2D eigenvalue weighted by atomic mass is 19.1.